The van der Waals surface area contributed by atoms with Gasteiger partial charge in [0.15, 0.2) is 0 Å². The van der Waals surface area contributed by atoms with Gasteiger partial charge in [-0.1, -0.05) is 6.92 Å². The summed E-state index contributed by atoms with van der Waals surface area (Å²) in [6, 6.07) is 0.218. The minimum absolute atomic E-state index is 0.202. The van der Waals surface area contributed by atoms with Crippen molar-refractivity contribution in [3.8, 4) is 0 Å². The van der Waals surface area contributed by atoms with E-state index < -0.39 is 0 Å². The fourth-order valence-electron chi connectivity index (χ4n) is 2.25. The molecule has 0 spiro atoms. The van der Waals surface area contributed by atoms with Gasteiger partial charge >= 0.3 is 0 Å². The summed E-state index contributed by atoms with van der Waals surface area (Å²) < 4.78 is 2.02. The van der Waals surface area contributed by atoms with Gasteiger partial charge in [-0.05, 0) is 33.7 Å². The second kappa shape index (κ2) is 6.01. The Morgan fingerprint density at radius 1 is 1.38 bits per heavy atom. The molecule has 0 bridgehead atoms. The van der Waals surface area contributed by atoms with Crippen LogP contribution in [0.15, 0.2) is 0 Å². The summed E-state index contributed by atoms with van der Waals surface area (Å²) in [7, 11) is 0. The van der Waals surface area contributed by atoms with Crippen LogP contribution in [0, 0.1) is 13.8 Å². The number of nitrogens with zero attached hydrogens (tertiary/aromatic N) is 2. The highest BCUT2D eigenvalue weighted by Gasteiger charge is 2.19. The van der Waals surface area contributed by atoms with E-state index in [2.05, 4.69) is 31.2 Å². The van der Waals surface area contributed by atoms with Gasteiger partial charge in [-0.2, -0.15) is 5.10 Å². The van der Waals surface area contributed by atoms with Gasteiger partial charge in [-0.15, -0.1) is 0 Å². The number of hydrogen-bond acceptors (Lipinski definition) is 3. The van der Waals surface area contributed by atoms with Gasteiger partial charge in [-0.25, -0.2) is 0 Å². The monoisotopic (exact) mass is 225 g/mol. The van der Waals surface area contributed by atoms with Gasteiger partial charge in [-0.3, -0.25) is 4.68 Å². The maximum Gasteiger partial charge on any atom is 0.0644 e. The van der Waals surface area contributed by atoms with Crippen molar-refractivity contribution in [2.75, 3.05) is 13.2 Å². The normalized spacial score (nSPS) is 13.1. The SMILES string of the molecule is CCNC(CCO)c1c(C)nn(CC)c1C. The molecule has 2 N–H and O–H groups in total. The van der Waals surface area contributed by atoms with E-state index >= 15 is 0 Å². The first-order valence-electron chi connectivity index (χ1n) is 6.03. The molecule has 0 aliphatic rings. The van der Waals surface area contributed by atoms with Crippen molar-refractivity contribution >= 4 is 0 Å². The van der Waals surface area contributed by atoms with E-state index in [-0.39, 0.29) is 12.6 Å². The van der Waals surface area contributed by atoms with E-state index in [4.69, 9.17) is 5.11 Å². The smallest absolute Gasteiger partial charge is 0.0644 e. The zero-order valence-electron chi connectivity index (χ0n) is 10.7. The van der Waals surface area contributed by atoms with Crippen molar-refractivity contribution in [2.45, 2.75) is 46.7 Å². The highest BCUT2D eigenvalue weighted by molar-refractivity contribution is 5.28. The summed E-state index contributed by atoms with van der Waals surface area (Å²) in [5.74, 6) is 0. The maximum absolute atomic E-state index is 9.10. The number of aryl methyl sites for hydroxylation is 2. The van der Waals surface area contributed by atoms with E-state index in [9.17, 15) is 0 Å². The second-order valence-corrected chi connectivity index (χ2v) is 4.02. The van der Waals surface area contributed by atoms with Crippen LogP contribution in [0.3, 0.4) is 0 Å². The first-order valence-corrected chi connectivity index (χ1v) is 6.03. The zero-order chi connectivity index (χ0) is 12.1. The molecular weight excluding hydrogens is 202 g/mol. The molecule has 0 aliphatic carbocycles. The average molecular weight is 225 g/mol. The van der Waals surface area contributed by atoms with Crippen LogP contribution in [0.1, 0.15) is 43.3 Å². The molecule has 16 heavy (non-hydrogen) atoms. The van der Waals surface area contributed by atoms with E-state index in [0.717, 1.165) is 25.2 Å². The van der Waals surface area contributed by atoms with Crippen molar-refractivity contribution in [3.05, 3.63) is 17.0 Å². The van der Waals surface area contributed by atoms with Crippen molar-refractivity contribution in [1.82, 2.24) is 15.1 Å². The Bertz CT molecular complexity index is 327. The van der Waals surface area contributed by atoms with E-state index in [1.54, 1.807) is 0 Å². The fourth-order valence-corrected chi connectivity index (χ4v) is 2.25. The molecule has 0 aliphatic heterocycles. The third-order valence-corrected chi connectivity index (χ3v) is 2.95. The van der Waals surface area contributed by atoms with Crippen LogP contribution in [0.25, 0.3) is 0 Å². The lowest BCUT2D eigenvalue weighted by Gasteiger charge is -2.17. The topological polar surface area (TPSA) is 50.1 Å². The number of nitrogens with one attached hydrogen (secondary N) is 1. The molecule has 0 saturated carbocycles. The summed E-state index contributed by atoms with van der Waals surface area (Å²) in [6.45, 7) is 10.3. The lowest BCUT2D eigenvalue weighted by Crippen LogP contribution is -2.23. The Balaban J connectivity index is 3.02. The first-order chi connectivity index (χ1) is 7.65. The van der Waals surface area contributed by atoms with Gasteiger partial charge < -0.3 is 10.4 Å². The molecule has 1 aromatic heterocycles. The molecule has 1 unspecified atom stereocenters. The van der Waals surface area contributed by atoms with Gasteiger partial charge in [0.05, 0.1) is 5.69 Å². The Morgan fingerprint density at radius 2 is 2.06 bits per heavy atom. The van der Waals surface area contributed by atoms with Crippen LogP contribution < -0.4 is 5.32 Å². The number of hydrogen-bond donors (Lipinski definition) is 2. The fraction of sp³-hybridized carbons (Fsp3) is 0.750. The van der Waals surface area contributed by atoms with Crippen molar-refractivity contribution in [3.63, 3.8) is 0 Å². The number of aliphatic hydroxyl groups excluding tert-OH is 1. The third-order valence-electron chi connectivity index (χ3n) is 2.95. The van der Waals surface area contributed by atoms with Crippen LogP contribution in [-0.2, 0) is 6.54 Å². The quantitative estimate of drug-likeness (QED) is 0.772. The minimum atomic E-state index is 0.202. The zero-order valence-corrected chi connectivity index (χ0v) is 10.7. The molecule has 0 fully saturated rings. The molecule has 1 heterocycles. The van der Waals surface area contributed by atoms with E-state index in [1.165, 1.54) is 11.3 Å². The Morgan fingerprint density at radius 3 is 2.50 bits per heavy atom. The molecule has 1 rings (SSSR count). The minimum Gasteiger partial charge on any atom is -0.396 e. The summed E-state index contributed by atoms with van der Waals surface area (Å²) in [4.78, 5) is 0. The molecular formula is C12H23N3O. The van der Waals surface area contributed by atoms with Crippen LogP contribution in [0.5, 0.6) is 0 Å². The largest absolute Gasteiger partial charge is 0.396 e. The number of aliphatic hydroxyl groups is 1. The van der Waals surface area contributed by atoms with Gasteiger partial charge in [0.1, 0.15) is 0 Å². The predicted molar refractivity (Wildman–Crippen MR) is 65.5 cm³/mol. The highest BCUT2D eigenvalue weighted by Crippen LogP contribution is 2.23. The van der Waals surface area contributed by atoms with Gasteiger partial charge in [0, 0.05) is 30.5 Å². The summed E-state index contributed by atoms with van der Waals surface area (Å²) in [5, 5.41) is 17.0. The highest BCUT2D eigenvalue weighted by atomic mass is 16.3. The van der Waals surface area contributed by atoms with Crippen LogP contribution >= 0.6 is 0 Å². The molecule has 1 atom stereocenters. The maximum atomic E-state index is 9.10. The molecule has 1 aromatic rings. The average Bonchev–Trinajstić information content (AvgIpc) is 2.54. The van der Waals surface area contributed by atoms with Gasteiger partial charge in [0.25, 0.3) is 0 Å². The Kier molecular flexibility index (Phi) is 4.96. The lowest BCUT2D eigenvalue weighted by atomic mass is 10.0. The van der Waals surface area contributed by atoms with E-state index in [0.29, 0.717) is 0 Å². The summed E-state index contributed by atoms with van der Waals surface area (Å²) >= 11 is 0. The van der Waals surface area contributed by atoms with E-state index in [1.807, 2.05) is 11.6 Å². The molecule has 4 nitrogen and oxygen atoms in total. The molecule has 0 amide bonds. The first kappa shape index (κ1) is 13.2. The molecule has 0 saturated heterocycles. The van der Waals surface area contributed by atoms with Crippen molar-refractivity contribution in [2.24, 2.45) is 0 Å². The van der Waals surface area contributed by atoms with Crippen molar-refractivity contribution < 1.29 is 5.11 Å². The second-order valence-electron chi connectivity index (χ2n) is 4.02. The summed E-state index contributed by atoms with van der Waals surface area (Å²) in [5.41, 5.74) is 3.52. The van der Waals surface area contributed by atoms with Gasteiger partial charge in [0.2, 0.25) is 0 Å². The van der Waals surface area contributed by atoms with Crippen LogP contribution in [-0.4, -0.2) is 28.0 Å². The lowest BCUT2D eigenvalue weighted by molar-refractivity contribution is 0.266. The molecule has 92 valence electrons. The molecule has 0 radical (unpaired) electrons. The van der Waals surface area contributed by atoms with Crippen LogP contribution in [0.4, 0.5) is 0 Å². The predicted octanol–water partition coefficient (Wildman–Crippen LogP) is 1.55. The standard InChI is InChI=1S/C12H23N3O/c1-5-13-11(7-8-16)12-9(3)14-15(6-2)10(12)4/h11,13,16H,5-8H2,1-4H3. The molecule has 4 heteroatoms. The Labute approximate surface area is 97.7 Å². The Hall–Kier alpha value is -0.870. The number of aromatic nitrogens is 2. The summed E-state index contributed by atoms with van der Waals surface area (Å²) in [6.07, 6.45) is 0.741. The van der Waals surface area contributed by atoms with Crippen molar-refractivity contribution in [1.29, 1.82) is 0 Å². The number of rotatable bonds is 6. The third kappa shape index (κ3) is 2.62. The van der Waals surface area contributed by atoms with Crippen LogP contribution in [0.2, 0.25) is 0 Å². The molecule has 0 aromatic carbocycles.